The molecule has 0 bridgehead atoms. The topological polar surface area (TPSA) is 23.0 Å². The fourth-order valence-corrected chi connectivity index (χ4v) is 9.07. The highest BCUT2D eigenvalue weighted by molar-refractivity contribution is 6.15. The highest BCUT2D eigenvalue weighted by atomic mass is 16.3. The molecule has 0 fully saturated rings. The van der Waals surface area contributed by atoms with Gasteiger partial charge in [-0.3, -0.25) is 0 Å². The fourth-order valence-electron chi connectivity index (χ4n) is 9.07. The van der Waals surface area contributed by atoms with Gasteiger partial charge < -0.3 is 13.6 Å². The van der Waals surface area contributed by atoms with Crippen LogP contribution < -0.4 is 0 Å². The molecule has 0 amide bonds. The van der Waals surface area contributed by atoms with Crippen LogP contribution in [0, 0.1) is 0 Å². The zero-order chi connectivity index (χ0) is 37.5. The Morgan fingerprint density at radius 1 is 0.281 bits per heavy atom. The van der Waals surface area contributed by atoms with Gasteiger partial charge in [-0.1, -0.05) is 146 Å². The third-order valence-electron chi connectivity index (χ3n) is 11.7. The van der Waals surface area contributed by atoms with Crippen LogP contribution >= 0.6 is 0 Å². The van der Waals surface area contributed by atoms with Crippen LogP contribution in [0.15, 0.2) is 211 Å². The Balaban J connectivity index is 1.08. The molecule has 0 saturated carbocycles. The molecule has 0 N–H and O–H groups in total. The van der Waals surface area contributed by atoms with Crippen LogP contribution in [-0.2, 0) is 0 Å². The van der Waals surface area contributed by atoms with E-state index in [1.165, 1.54) is 54.8 Å². The molecule has 0 saturated heterocycles. The van der Waals surface area contributed by atoms with E-state index >= 15 is 0 Å². The molecule has 3 nitrogen and oxygen atoms in total. The Morgan fingerprint density at radius 3 is 1.61 bits per heavy atom. The monoisotopic (exact) mass is 726 g/mol. The zero-order valence-corrected chi connectivity index (χ0v) is 30.9. The van der Waals surface area contributed by atoms with Gasteiger partial charge in [0.15, 0.2) is 5.58 Å². The molecular weight excluding hydrogens is 693 g/mol. The average Bonchev–Trinajstić information content (AvgIpc) is 3.94. The minimum Gasteiger partial charge on any atom is -0.454 e. The molecule has 3 heteroatoms. The Kier molecular flexibility index (Phi) is 6.93. The van der Waals surface area contributed by atoms with Crippen molar-refractivity contribution in [3.63, 3.8) is 0 Å². The molecule has 0 unspecified atom stereocenters. The van der Waals surface area contributed by atoms with Crippen LogP contribution in [0.5, 0.6) is 0 Å². The van der Waals surface area contributed by atoms with Crippen LogP contribution in [-0.4, -0.2) is 9.13 Å². The number of aromatic nitrogens is 2. The molecule has 0 radical (unpaired) electrons. The maximum Gasteiger partial charge on any atom is 0.159 e. The molecule has 3 heterocycles. The van der Waals surface area contributed by atoms with Crippen LogP contribution in [0.2, 0.25) is 0 Å². The molecule has 9 aromatic carbocycles. The van der Waals surface area contributed by atoms with Crippen molar-refractivity contribution < 1.29 is 4.42 Å². The average molecular weight is 727 g/mol. The summed E-state index contributed by atoms with van der Waals surface area (Å²) in [5.41, 5.74) is 15.7. The maximum absolute atomic E-state index is 6.75. The van der Waals surface area contributed by atoms with Gasteiger partial charge in [0.1, 0.15) is 5.58 Å². The van der Waals surface area contributed by atoms with Crippen molar-refractivity contribution in [1.82, 2.24) is 9.13 Å². The highest BCUT2D eigenvalue weighted by Crippen LogP contribution is 2.42. The van der Waals surface area contributed by atoms with Crippen LogP contribution in [0.3, 0.4) is 0 Å². The Morgan fingerprint density at radius 2 is 0.825 bits per heavy atom. The van der Waals surface area contributed by atoms with Crippen molar-refractivity contribution in [1.29, 1.82) is 0 Å². The number of furan rings is 1. The molecule has 0 spiro atoms. The quantitative estimate of drug-likeness (QED) is 0.173. The van der Waals surface area contributed by atoms with Gasteiger partial charge in [-0.15, -0.1) is 0 Å². The summed E-state index contributed by atoms with van der Waals surface area (Å²) in [6, 6.07) is 74.5. The van der Waals surface area contributed by atoms with Crippen LogP contribution in [0.1, 0.15) is 0 Å². The van der Waals surface area contributed by atoms with E-state index in [1.807, 2.05) is 6.07 Å². The molecule has 12 rings (SSSR count). The lowest BCUT2D eigenvalue weighted by atomic mass is 10.0. The first-order valence-electron chi connectivity index (χ1n) is 19.5. The molecular formula is C54H34N2O. The van der Waals surface area contributed by atoms with Gasteiger partial charge in [-0.2, -0.15) is 0 Å². The fraction of sp³-hybridized carbons (Fsp3) is 0. The highest BCUT2D eigenvalue weighted by Gasteiger charge is 2.21. The van der Waals surface area contributed by atoms with Gasteiger partial charge in [0.25, 0.3) is 0 Å². The number of hydrogen-bond acceptors (Lipinski definition) is 1. The molecule has 3 aromatic heterocycles. The lowest BCUT2D eigenvalue weighted by Crippen LogP contribution is -1.96. The number of para-hydroxylation sites is 3. The minimum atomic E-state index is 0.884. The van der Waals surface area contributed by atoms with Crippen molar-refractivity contribution in [2.75, 3.05) is 0 Å². The first-order valence-corrected chi connectivity index (χ1v) is 19.5. The Bertz CT molecular complexity index is 3510. The number of hydrogen-bond donors (Lipinski definition) is 0. The van der Waals surface area contributed by atoms with E-state index < -0.39 is 0 Å². The van der Waals surface area contributed by atoms with E-state index in [9.17, 15) is 0 Å². The number of fused-ring (bicyclic) bond motifs is 9. The van der Waals surface area contributed by atoms with Gasteiger partial charge >= 0.3 is 0 Å². The standard InChI is InChI=1S/C54H34N2O/c1-3-14-35(15-4-1)37-18-13-19-41(30-37)55-48-23-10-8-21-43(48)46-31-38(27-29-50(46)55)39-26-28-44-42-20-7-11-24-49(42)56(51(44)33-39)52-34-40(36-16-5-2-6-17-36)32-47-45-22-9-12-25-53(45)57-54(47)52/h1-34H. The molecule has 0 aliphatic rings. The van der Waals surface area contributed by atoms with Crippen molar-refractivity contribution in [3.8, 4) is 44.8 Å². The molecule has 12 aromatic rings. The zero-order valence-electron chi connectivity index (χ0n) is 30.9. The van der Waals surface area contributed by atoms with Gasteiger partial charge in [0.2, 0.25) is 0 Å². The lowest BCUT2D eigenvalue weighted by Gasteiger charge is -2.13. The van der Waals surface area contributed by atoms with Gasteiger partial charge in [-0.25, -0.2) is 0 Å². The first-order chi connectivity index (χ1) is 28.3. The second-order valence-electron chi connectivity index (χ2n) is 14.9. The van der Waals surface area contributed by atoms with E-state index in [0.717, 1.165) is 55.5 Å². The molecule has 57 heavy (non-hydrogen) atoms. The number of rotatable bonds is 5. The van der Waals surface area contributed by atoms with Gasteiger partial charge in [-0.05, 0) is 94.0 Å². The van der Waals surface area contributed by atoms with Gasteiger partial charge in [0, 0.05) is 38.0 Å². The summed E-state index contributed by atoms with van der Waals surface area (Å²) in [4.78, 5) is 0. The van der Waals surface area contributed by atoms with Gasteiger partial charge in [0.05, 0.1) is 27.8 Å². The van der Waals surface area contributed by atoms with E-state index in [0.29, 0.717) is 0 Å². The van der Waals surface area contributed by atoms with E-state index in [4.69, 9.17) is 4.42 Å². The molecule has 0 aliphatic carbocycles. The molecule has 0 aliphatic heterocycles. The summed E-state index contributed by atoms with van der Waals surface area (Å²) in [5.74, 6) is 0. The third kappa shape index (κ3) is 4.92. The molecule has 266 valence electrons. The van der Waals surface area contributed by atoms with Crippen LogP contribution in [0.4, 0.5) is 0 Å². The Labute approximate surface area is 328 Å². The smallest absolute Gasteiger partial charge is 0.159 e. The van der Waals surface area contributed by atoms with Crippen LogP contribution in [0.25, 0.3) is 110 Å². The number of nitrogens with zero attached hydrogens (tertiary/aromatic N) is 2. The summed E-state index contributed by atoms with van der Waals surface area (Å²) in [7, 11) is 0. The SMILES string of the molecule is c1ccc(-c2cccc(-n3c4ccccc4c4cc(-c5ccc6c7ccccc7n(-c7cc(-c8ccccc8)cc8c7oc7ccccc78)c6c5)ccc43)c2)cc1. The normalized spacial score (nSPS) is 11.9. The predicted octanol–water partition coefficient (Wildman–Crippen LogP) is 14.8. The second-order valence-corrected chi connectivity index (χ2v) is 14.9. The largest absolute Gasteiger partial charge is 0.454 e. The summed E-state index contributed by atoms with van der Waals surface area (Å²) in [6.07, 6.45) is 0. The second kappa shape index (κ2) is 12.5. The van der Waals surface area contributed by atoms with E-state index in [2.05, 4.69) is 209 Å². The van der Waals surface area contributed by atoms with Crippen molar-refractivity contribution >= 4 is 65.6 Å². The summed E-state index contributed by atoms with van der Waals surface area (Å²) in [5, 5.41) is 7.12. The van der Waals surface area contributed by atoms with Crippen molar-refractivity contribution in [3.05, 3.63) is 206 Å². The summed E-state index contributed by atoms with van der Waals surface area (Å²) < 4.78 is 11.6. The first kappa shape index (κ1) is 31.7. The summed E-state index contributed by atoms with van der Waals surface area (Å²) >= 11 is 0. The predicted molar refractivity (Wildman–Crippen MR) is 239 cm³/mol. The molecule has 0 atom stereocenters. The maximum atomic E-state index is 6.75. The van der Waals surface area contributed by atoms with Crippen molar-refractivity contribution in [2.24, 2.45) is 0 Å². The van der Waals surface area contributed by atoms with E-state index in [1.54, 1.807) is 0 Å². The Hall–Kier alpha value is -7.62. The van der Waals surface area contributed by atoms with E-state index in [-0.39, 0.29) is 0 Å². The van der Waals surface area contributed by atoms with Crippen molar-refractivity contribution in [2.45, 2.75) is 0 Å². The third-order valence-corrected chi connectivity index (χ3v) is 11.7. The summed E-state index contributed by atoms with van der Waals surface area (Å²) in [6.45, 7) is 0. The minimum absolute atomic E-state index is 0.884. The lowest BCUT2D eigenvalue weighted by molar-refractivity contribution is 0.666. The number of benzene rings is 9.